The number of nitrogens with two attached hydrogens (primary N) is 1. The Hall–Kier alpha value is -3.41. The second kappa shape index (κ2) is 7.65. The van der Waals surface area contributed by atoms with E-state index in [1.807, 2.05) is 48.5 Å². The van der Waals surface area contributed by atoms with E-state index in [1.54, 1.807) is 27.5 Å². The SMILES string of the molecule is COc1cc(-c2ccnc(Nc3ccc(N)cc3)c2)cc(OC)c1OC. The van der Waals surface area contributed by atoms with Crippen molar-refractivity contribution in [2.45, 2.75) is 0 Å². The minimum Gasteiger partial charge on any atom is -0.493 e. The summed E-state index contributed by atoms with van der Waals surface area (Å²) < 4.78 is 16.2. The molecule has 1 heterocycles. The average Bonchev–Trinajstić information content (AvgIpc) is 2.68. The van der Waals surface area contributed by atoms with E-state index in [4.69, 9.17) is 19.9 Å². The summed E-state index contributed by atoms with van der Waals surface area (Å²) >= 11 is 0. The van der Waals surface area contributed by atoms with E-state index in [1.165, 1.54) is 0 Å². The number of nitrogens with zero attached hydrogens (tertiary/aromatic N) is 1. The Bertz CT molecular complexity index is 870. The Kier molecular flexibility index (Phi) is 5.12. The molecular weight excluding hydrogens is 330 g/mol. The number of pyridine rings is 1. The molecule has 0 atom stereocenters. The van der Waals surface area contributed by atoms with E-state index in [9.17, 15) is 0 Å². The van der Waals surface area contributed by atoms with Gasteiger partial charge in [-0.15, -0.1) is 0 Å². The van der Waals surface area contributed by atoms with Gasteiger partial charge in [-0.2, -0.15) is 0 Å². The summed E-state index contributed by atoms with van der Waals surface area (Å²) in [5, 5.41) is 3.27. The first-order valence-electron chi connectivity index (χ1n) is 8.03. The van der Waals surface area contributed by atoms with Crippen molar-refractivity contribution in [3.05, 3.63) is 54.7 Å². The average molecular weight is 351 g/mol. The molecule has 0 spiro atoms. The summed E-state index contributed by atoms with van der Waals surface area (Å²) in [7, 11) is 4.78. The Balaban J connectivity index is 1.96. The van der Waals surface area contributed by atoms with Gasteiger partial charge in [-0.25, -0.2) is 4.98 Å². The maximum absolute atomic E-state index is 5.72. The van der Waals surface area contributed by atoms with Crippen molar-refractivity contribution in [3.63, 3.8) is 0 Å². The van der Waals surface area contributed by atoms with Crippen LogP contribution >= 0.6 is 0 Å². The minimum absolute atomic E-state index is 0.563. The third kappa shape index (κ3) is 3.64. The van der Waals surface area contributed by atoms with E-state index in [-0.39, 0.29) is 0 Å². The number of ether oxygens (including phenoxy) is 3. The first kappa shape index (κ1) is 17.4. The van der Waals surface area contributed by atoms with Crippen molar-refractivity contribution in [3.8, 4) is 28.4 Å². The fourth-order valence-electron chi connectivity index (χ4n) is 2.64. The maximum Gasteiger partial charge on any atom is 0.203 e. The second-order valence-corrected chi connectivity index (χ2v) is 5.59. The summed E-state index contributed by atoms with van der Waals surface area (Å²) in [6, 6.07) is 15.2. The summed E-state index contributed by atoms with van der Waals surface area (Å²) in [5.74, 6) is 2.49. The Morgan fingerprint density at radius 3 is 2.04 bits per heavy atom. The van der Waals surface area contributed by atoms with Crippen LogP contribution in [-0.2, 0) is 0 Å². The molecular formula is C20H21N3O3. The lowest BCUT2D eigenvalue weighted by molar-refractivity contribution is 0.324. The van der Waals surface area contributed by atoms with Crippen molar-refractivity contribution >= 4 is 17.2 Å². The highest BCUT2D eigenvalue weighted by Crippen LogP contribution is 2.41. The van der Waals surface area contributed by atoms with Gasteiger partial charge in [0.2, 0.25) is 5.75 Å². The molecule has 0 radical (unpaired) electrons. The summed E-state index contributed by atoms with van der Waals surface area (Å²) in [6.45, 7) is 0. The number of aromatic nitrogens is 1. The van der Waals surface area contributed by atoms with Crippen molar-refractivity contribution in [2.24, 2.45) is 0 Å². The standard InChI is InChI=1S/C20H21N3O3/c1-24-17-10-14(11-18(25-2)20(17)26-3)13-8-9-22-19(12-13)23-16-6-4-15(21)5-7-16/h4-12H,21H2,1-3H3,(H,22,23). The van der Waals surface area contributed by atoms with Gasteiger partial charge in [0, 0.05) is 17.6 Å². The van der Waals surface area contributed by atoms with Crippen LogP contribution in [0.1, 0.15) is 0 Å². The number of anilines is 3. The fraction of sp³-hybridized carbons (Fsp3) is 0.150. The summed E-state index contributed by atoms with van der Waals surface area (Å²) in [6.07, 6.45) is 1.75. The van der Waals surface area contributed by atoms with Crippen LogP contribution in [0.2, 0.25) is 0 Å². The van der Waals surface area contributed by atoms with Crippen LogP contribution in [0.25, 0.3) is 11.1 Å². The van der Waals surface area contributed by atoms with E-state index < -0.39 is 0 Å². The van der Waals surface area contributed by atoms with Crippen molar-refractivity contribution in [1.82, 2.24) is 4.98 Å². The number of nitrogen functional groups attached to an aromatic ring is 1. The largest absolute Gasteiger partial charge is 0.493 e. The van der Waals surface area contributed by atoms with Crippen molar-refractivity contribution < 1.29 is 14.2 Å². The van der Waals surface area contributed by atoms with Crippen LogP contribution in [0.4, 0.5) is 17.2 Å². The van der Waals surface area contributed by atoms with Crippen LogP contribution < -0.4 is 25.3 Å². The minimum atomic E-state index is 0.563. The third-order valence-corrected chi connectivity index (χ3v) is 3.94. The molecule has 0 aliphatic rings. The zero-order valence-corrected chi connectivity index (χ0v) is 14.9. The molecule has 0 fully saturated rings. The molecule has 3 N–H and O–H groups in total. The van der Waals surface area contributed by atoms with Crippen molar-refractivity contribution in [2.75, 3.05) is 32.4 Å². The number of benzene rings is 2. The molecule has 26 heavy (non-hydrogen) atoms. The van der Waals surface area contributed by atoms with E-state index in [0.29, 0.717) is 17.2 Å². The van der Waals surface area contributed by atoms with Crippen LogP contribution in [-0.4, -0.2) is 26.3 Å². The lowest BCUT2D eigenvalue weighted by atomic mass is 10.1. The molecule has 0 unspecified atom stereocenters. The molecule has 1 aromatic heterocycles. The first-order chi connectivity index (χ1) is 12.6. The van der Waals surface area contributed by atoms with E-state index >= 15 is 0 Å². The Labute approximate surface area is 152 Å². The number of nitrogens with one attached hydrogen (secondary N) is 1. The second-order valence-electron chi connectivity index (χ2n) is 5.59. The molecule has 6 heteroatoms. The van der Waals surface area contributed by atoms with Gasteiger partial charge in [0.05, 0.1) is 21.3 Å². The third-order valence-electron chi connectivity index (χ3n) is 3.94. The summed E-state index contributed by atoms with van der Waals surface area (Å²) in [5.41, 5.74) is 9.25. The van der Waals surface area contributed by atoms with Gasteiger partial charge in [-0.3, -0.25) is 0 Å². The fourth-order valence-corrected chi connectivity index (χ4v) is 2.64. The normalized spacial score (nSPS) is 10.3. The maximum atomic E-state index is 5.72. The smallest absolute Gasteiger partial charge is 0.203 e. The topological polar surface area (TPSA) is 78.6 Å². The lowest BCUT2D eigenvalue weighted by Crippen LogP contribution is -1.97. The highest BCUT2D eigenvalue weighted by molar-refractivity contribution is 5.73. The van der Waals surface area contributed by atoms with Gasteiger partial charge in [0.25, 0.3) is 0 Å². The predicted octanol–water partition coefficient (Wildman–Crippen LogP) is 4.10. The monoisotopic (exact) mass is 351 g/mol. The predicted molar refractivity (Wildman–Crippen MR) is 103 cm³/mol. The number of rotatable bonds is 6. The van der Waals surface area contributed by atoms with Crippen molar-refractivity contribution in [1.29, 1.82) is 0 Å². The van der Waals surface area contributed by atoms with E-state index in [0.717, 1.165) is 28.3 Å². The molecule has 0 saturated carbocycles. The molecule has 6 nitrogen and oxygen atoms in total. The Morgan fingerprint density at radius 1 is 0.808 bits per heavy atom. The molecule has 0 saturated heterocycles. The van der Waals surface area contributed by atoms with Crippen LogP contribution in [0, 0.1) is 0 Å². The molecule has 0 bridgehead atoms. The van der Waals surface area contributed by atoms with Gasteiger partial charge < -0.3 is 25.3 Å². The van der Waals surface area contributed by atoms with Crippen LogP contribution in [0.3, 0.4) is 0 Å². The zero-order chi connectivity index (χ0) is 18.5. The molecule has 3 rings (SSSR count). The number of methoxy groups -OCH3 is 3. The van der Waals surface area contributed by atoms with Gasteiger partial charge in [-0.1, -0.05) is 0 Å². The number of hydrogen-bond donors (Lipinski definition) is 2. The molecule has 2 aromatic carbocycles. The highest BCUT2D eigenvalue weighted by Gasteiger charge is 2.14. The molecule has 134 valence electrons. The van der Waals surface area contributed by atoms with Gasteiger partial charge in [0.1, 0.15) is 5.82 Å². The molecule has 0 aliphatic heterocycles. The molecule has 0 aliphatic carbocycles. The van der Waals surface area contributed by atoms with Crippen LogP contribution in [0.15, 0.2) is 54.7 Å². The quantitative estimate of drug-likeness (QED) is 0.651. The molecule has 0 amide bonds. The summed E-state index contributed by atoms with van der Waals surface area (Å²) in [4.78, 5) is 4.37. The van der Waals surface area contributed by atoms with Gasteiger partial charge in [0.15, 0.2) is 11.5 Å². The van der Waals surface area contributed by atoms with Crippen LogP contribution in [0.5, 0.6) is 17.2 Å². The molecule has 3 aromatic rings. The van der Waals surface area contributed by atoms with E-state index in [2.05, 4.69) is 10.3 Å². The lowest BCUT2D eigenvalue weighted by Gasteiger charge is -2.14. The van der Waals surface area contributed by atoms with Gasteiger partial charge >= 0.3 is 0 Å². The zero-order valence-electron chi connectivity index (χ0n) is 14.9. The first-order valence-corrected chi connectivity index (χ1v) is 8.03. The number of hydrogen-bond acceptors (Lipinski definition) is 6. The van der Waals surface area contributed by atoms with Gasteiger partial charge in [-0.05, 0) is 59.7 Å². The Morgan fingerprint density at radius 2 is 1.46 bits per heavy atom. The highest BCUT2D eigenvalue weighted by atomic mass is 16.5.